The largest absolute Gasteiger partial charge is 0.381 e. The fraction of sp³-hybridized carbons (Fsp3) is 0.500. The number of hydrazine groups is 1. The molecule has 1 unspecified atom stereocenters. The lowest BCUT2D eigenvalue weighted by Crippen LogP contribution is -2.28. The summed E-state index contributed by atoms with van der Waals surface area (Å²) in [5, 5.41) is 0. The lowest BCUT2D eigenvalue weighted by molar-refractivity contribution is 0.185. The Kier molecular flexibility index (Phi) is 3.59. The average Bonchev–Trinajstić information content (AvgIpc) is 2.71. The van der Waals surface area contributed by atoms with Crippen LogP contribution in [0.2, 0.25) is 0 Å². The van der Waals surface area contributed by atoms with Crippen molar-refractivity contribution in [3.63, 3.8) is 0 Å². The number of aryl methyl sites for hydroxylation is 1. The Morgan fingerprint density at radius 1 is 1.47 bits per heavy atom. The van der Waals surface area contributed by atoms with Gasteiger partial charge in [0.25, 0.3) is 0 Å². The third-order valence-electron chi connectivity index (χ3n) is 2.67. The Bertz CT molecular complexity index is 308. The molecule has 1 aromatic rings. The molecule has 1 aliphatic heterocycles. The molecular formula is C12H18N2O. The summed E-state index contributed by atoms with van der Waals surface area (Å²) in [5.74, 6) is 0.655. The van der Waals surface area contributed by atoms with E-state index >= 15 is 0 Å². The maximum Gasteiger partial charge on any atom is 0.0507 e. The van der Waals surface area contributed by atoms with Crippen molar-refractivity contribution >= 4 is 5.69 Å². The van der Waals surface area contributed by atoms with E-state index in [2.05, 4.69) is 42.0 Å². The number of ether oxygens (including phenoxy) is 1. The van der Waals surface area contributed by atoms with E-state index in [1.807, 2.05) is 0 Å². The molecule has 1 atom stereocenters. The Morgan fingerprint density at radius 2 is 2.40 bits per heavy atom. The van der Waals surface area contributed by atoms with Crippen molar-refractivity contribution in [3.8, 4) is 0 Å². The molecule has 1 aromatic carbocycles. The van der Waals surface area contributed by atoms with Gasteiger partial charge >= 0.3 is 0 Å². The summed E-state index contributed by atoms with van der Waals surface area (Å²) in [5.41, 5.74) is 8.84. The van der Waals surface area contributed by atoms with E-state index in [0.29, 0.717) is 5.92 Å². The van der Waals surface area contributed by atoms with Crippen LogP contribution in [-0.4, -0.2) is 19.8 Å². The van der Waals surface area contributed by atoms with Crippen molar-refractivity contribution in [3.05, 3.63) is 29.8 Å². The number of benzene rings is 1. The van der Waals surface area contributed by atoms with Crippen LogP contribution < -0.4 is 10.9 Å². The average molecular weight is 206 g/mol. The molecule has 82 valence electrons. The first-order valence-corrected chi connectivity index (χ1v) is 5.48. The molecule has 0 spiro atoms. The van der Waals surface area contributed by atoms with Gasteiger partial charge in [-0.05, 0) is 37.0 Å². The predicted octanol–water partition coefficient (Wildman–Crippen LogP) is 1.95. The number of hydrogen-bond donors (Lipinski definition) is 2. The van der Waals surface area contributed by atoms with Crippen molar-refractivity contribution in [2.75, 3.05) is 25.2 Å². The van der Waals surface area contributed by atoms with Crippen LogP contribution in [0, 0.1) is 12.8 Å². The first kappa shape index (κ1) is 10.5. The Morgan fingerprint density at radius 3 is 3.13 bits per heavy atom. The van der Waals surface area contributed by atoms with Gasteiger partial charge < -0.3 is 10.2 Å². The third-order valence-corrected chi connectivity index (χ3v) is 2.67. The van der Waals surface area contributed by atoms with Gasteiger partial charge in [0.05, 0.1) is 6.61 Å². The van der Waals surface area contributed by atoms with E-state index in [9.17, 15) is 0 Å². The maximum atomic E-state index is 5.31. The minimum Gasteiger partial charge on any atom is -0.381 e. The summed E-state index contributed by atoms with van der Waals surface area (Å²) in [6.45, 7) is 4.86. The summed E-state index contributed by atoms with van der Waals surface area (Å²) in [7, 11) is 0. The fourth-order valence-electron chi connectivity index (χ4n) is 1.76. The molecule has 0 saturated carbocycles. The fourth-order valence-corrected chi connectivity index (χ4v) is 1.76. The summed E-state index contributed by atoms with van der Waals surface area (Å²) in [4.78, 5) is 0. The van der Waals surface area contributed by atoms with Gasteiger partial charge in [-0.1, -0.05) is 12.1 Å². The van der Waals surface area contributed by atoms with Gasteiger partial charge in [0.1, 0.15) is 0 Å². The van der Waals surface area contributed by atoms with E-state index < -0.39 is 0 Å². The molecule has 1 saturated heterocycles. The highest BCUT2D eigenvalue weighted by Gasteiger charge is 2.14. The molecule has 3 nitrogen and oxygen atoms in total. The van der Waals surface area contributed by atoms with Crippen LogP contribution in [0.15, 0.2) is 24.3 Å². The molecule has 0 aromatic heterocycles. The van der Waals surface area contributed by atoms with Crippen LogP contribution in [0.25, 0.3) is 0 Å². The van der Waals surface area contributed by atoms with Crippen molar-refractivity contribution < 1.29 is 4.74 Å². The van der Waals surface area contributed by atoms with E-state index in [-0.39, 0.29) is 0 Å². The standard InChI is InChI=1S/C12H18N2O/c1-10-3-2-4-12(7-10)14-13-8-11-5-6-15-9-11/h2-4,7,11,13-14H,5-6,8-9H2,1H3. The topological polar surface area (TPSA) is 33.3 Å². The number of hydrogen-bond acceptors (Lipinski definition) is 3. The highest BCUT2D eigenvalue weighted by Crippen LogP contribution is 2.11. The minimum absolute atomic E-state index is 0.655. The predicted molar refractivity (Wildman–Crippen MR) is 61.7 cm³/mol. The zero-order chi connectivity index (χ0) is 10.5. The number of rotatable bonds is 4. The first-order valence-electron chi connectivity index (χ1n) is 5.48. The molecule has 1 heterocycles. The Hall–Kier alpha value is -1.06. The molecule has 1 fully saturated rings. The first-order chi connectivity index (χ1) is 7.34. The second kappa shape index (κ2) is 5.14. The molecule has 0 bridgehead atoms. The molecule has 3 heteroatoms. The molecule has 0 amide bonds. The van der Waals surface area contributed by atoms with Gasteiger partial charge in [-0.3, -0.25) is 0 Å². The maximum absolute atomic E-state index is 5.31. The van der Waals surface area contributed by atoms with Gasteiger partial charge in [0.2, 0.25) is 0 Å². The van der Waals surface area contributed by atoms with Gasteiger partial charge in [-0.2, -0.15) is 0 Å². The summed E-state index contributed by atoms with van der Waals surface area (Å²) in [6, 6.07) is 8.33. The lowest BCUT2D eigenvalue weighted by atomic mass is 10.1. The van der Waals surface area contributed by atoms with Gasteiger partial charge in [-0.15, -0.1) is 0 Å². The quantitative estimate of drug-likeness (QED) is 0.739. The smallest absolute Gasteiger partial charge is 0.0507 e. The molecule has 2 N–H and O–H groups in total. The van der Waals surface area contributed by atoms with Crippen LogP contribution in [0.3, 0.4) is 0 Å². The van der Waals surface area contributed by atoms with Gasteiger partial charge in [-0.25, -0.2) is 5.43 Å². The molecule has 15 heavy (non-hydrogen) atoms. The van der Waals surface area contributed by atoms with E-state index in [4.69, 9.17) is 4.74 Å². The van der Waals surface area contributed by atoms with Crippen molar-refractivity contribution in [1.82, 2.24) is 5.43 Å². The highest BCUT2D eigenvalue weighted by atomic mass is 16.5. The minimum atomic E-state index is 0.655. The monoisotopic (exact) mass is 206 g/mol. The van der Waals surface area contributed by atoms with Gasteiger partial charge in [0, 0.05) is 18.8 Å². The molecule has 0 aliphatic carbocycles. The molecule has 1 aliphatic rings. The Labute approximate surface area is 90.8 Å². The van der Waals surface area contributed by atoms with Gasteiger partial charge in [0.15, 0.2) is 0 Å². The SMILES string of the molecule is Cc1cccc(NNCC2CCOC2)c1. The number of anilines is 1. The second-order valence-corrected chi connectivity index (χ2v) is 4.10. The summed E-state index contributed by atoms with van der Waals surface area (Å²) < 4.78 is 5.31. The molecule has 2 rings (SSSR count). The zero-order valence-electron chi connectivity index (χ0n) is 9.12. The van der Waals surface area contributed by atoms with E-state index in [1.54, 1.807) is 0 Å². The van der Waals surface area contributed by atoms with Crippen molar-refractivity contribution in [2.45, 2.75) is 13.3 Å². The van der Waals surface area contributed by atoms with E-state index in [0.717, 1.165) is 25.4 Å². The van der Waals surface area contributed by atoms with Crippen LogP contribution in [-0.2, 0) is 4.74 Å². The van der Waals surface area contributed by atoms with Crippen LogP contribution in [0.1, 0.15) is 12.0 Å². The zero-order valence-corrected chi connectivity index (χ0v) is 9.12. The molecule has 0 radical (unpaired) electrons. The van der Waals surface area contributed by atoms with Crippen molar-refractivity contribution in [2.24, 2.45) is 5.92 Å². The normalized spacial score (nSPS) is 20.5. The van der Waals surface area contributed by atoms with Crippen LogP contribution >= 0.6 is 0 Å². The highest BCUT2D eigenvalue weighted by molar-refractivity contribution is 5.44. The second-order valence-electron chi connectivity index (χ2n) is 4.10. The summed E-state index contributed by atoms with van der Waals surface area (Å²) in [6.07, 6.45) is 1.17. The van der Waals surface area contributed by atoms with Crippen molar-refractivity contribution in [1.29, 1.82) is 0 Å². The van der Waals surface area contributed by atoms with E-state index in [1.165, 1.54) is 12.0 Å². The van der Waals surface area contributed by atoms with Crippen LogP contribution in [0.4, 0.5) is 5.69 Å². The lowest BCUT2D eigenvalue weighted by Gasteiger charge is -2.11. The third kappa shape index (κ3) is 3.22. The van der Waals surface area contributed by atoms with Crippen LogP contribution in [0.5, 0.6) is 0 Å². The Balaban J connectivity index is 1.73. The number of nitrogens with one attached hydrogen (secondary N) is 2. The molecular weight excluding hydrogens is 188 g/mol. The summed E-state index contributed by atoms with van der Waals surface area (Å²) >= 11 is 0.